The maximum Gasteiger partial charge on any atom is 0.141 e. The van der Waals surface area contributed by atoms with Gasteiger partial charge in [-0.15, -0.1) is 0 Å². The number of rotatable bonds is 3. The summed E-state index contributed by atoms with van der Waals surface area (Å²) in [7, 11) is 1.87. The summed E-state index contributed by atoms with van der Waals surface area (Å²) in [6.45, 7) is 0.727. The summed E-state index contributed by atoms with van der Waals surface area (Å²) in [6, 6.07) is 8.53. The minimum absolute atomic E-state index is 0.127. The lowest BCUT2D eigenvalue weighted by molar-refractivity contribution is 0.628. The molecule has 0 aliphatic rings. The number of hydrogen-bond donors (Lipinski definition) is 1. The summed E-state index contributed by atoms with van der Waals surface area (Å²) < 4.78 is 13.0. The molecular formula is C13H12ClFN2. The summed E-state index contributed by atoms with van der Waals surface area (Å²) in [5, 5.41) is 3.15. The molecule has 17 heavy (non-hydrogen) atoms. The Labute approximate surface area is 104 Å². The van der Waals surface area contributed by atoms with Gasteiger partial charge < -0.3 is 5.32 Å². The van der Waals surface area contributed by atoms with Gasteiger partial charge in [-0.25, -0.2) is 4.39 Å². The van der Waals surface area contributed by atoms with Crippen molar-refractivity contribution in [3.05, 3.63) is 53.1 Å². The zero-order valence-electron chi connectivity index (χ0n) is 9.37. The van der Waals surface area contributed by atoms with Crippen LogP contribution in [0.25, 0.3) is 11.1 Å². The van der Waals surface area contributed by atoms with Crippen molar-refractivity contribution in [2.24, 2.45) is 0 Å². The third-order valence-corrected chi connectivity index (χ3v) is 2.73. The molecule has 0 spiro atoms. The minimum Gasteiger partial charge on any atom is -0.314 e. The maximum absolute atomic E-state index is 13.0. The van der Waals surface area contributed by atoms with E-state index >= 15 is 0 Å². The van der Waals surface area contributed by atoms with Crippen LogP contribution in [0.15, 0.2) is 36.5 Å². The van der Waals surface area contributed by atoms with Gasteiger partial charge in [0.15, 0.2) is 0 Å². The van der Waals surface area contributed by atoms with Crippen molar-refractivity contribution in [1.82, 2.24) is 10.3 Å². The lowest BCUT2D eigenvalue weighted by Gasteiger charge is -2.04. The molecule has 88 valence electrons. The maximum atomic E-state index is 13.0. The van der Waals surface area contributed by atoms with Crippen LogP contribution in [0.4, 0.5) is 4.39 Å². The smallest absolute Gasteiger partial charge is 0.141 e. The van der Waals surface area contributed by atoms with Crippen LogP contribution in [-0.2, 0) is 6.54 Å². The van der Waals surface area contributed by atoms with Crippen molar-refractivity contribution in [1.29, 1.82) is 0 Å². The third kappa shape index (κ3) is 2.81. The molecule has 4 heteroatoms. The van der Waals surface area contributed by atoms with E-state index in [2.05, 4.69) is 10.3 Å². The van der Waals surface area contributed by atoms with Gasteiger partial charge in [0.05, 0.1) is 10.7 Å². The highest BCUT2D eigenvalue weighted by molar-refractivity contribution is 6.31. The van der Waals surface area contributed by atoms with Gasteiger partial charge >= 0.3 is 0 Å². The molecule has 0 amide bonds. The first-order chi connectivity index (χ1) is 8.20. The highest BCUT2D eigenvalue weighted by Crippen LogP contribution is 2.24. The van der Waals surface area contributed by atoms with E-state index in [0.29, 0.717) is 0 Å². The van der Waals surface area contributed by atoms with Gasteiger partial charge in [0.25, 0.3) is 0 Å². The number of halogens is 2. The van der Waals surface area contributed by atoms with E-state index in [-0.39, 0.29) is 5.02 Å². The first-order valence-electron chi connectivity index (χ1n) is 5.25. The molecule has 0 radical (unpaired) electrons. The second-order valence-corrected chi connectivity index (χ2v) is 4.10. The number of pyridine rings is 1. The van der Waals surface area contributed by atoms with E-state index in [9.17, 15) is 4.39 Å². The van der Waals surface area contributed by atoms with E-state index in [1.165, 1.54) is 6.07 Å². The molecule has 1 N–H and O–H groups in total. The number of aromatic nitrogens is 1. The predicted octanol–water partition coefficient (Wildman–Crippen LogP) is 3.26. The zero-order chi connectivity index (χ0) is 12.3. The fraction of sp³-hybridized carbons (Fsp3) is 0.154. The molecule has 2 rings (SSSR count). The number of benzene rings is 1. The molecule has 1 heterocycles. The topological polar surface area (TPSA) is 24.9 Å². The van der Waals surface area contributed by atoms with Crippen molar-refractivity contribution in [2.75, 3.05) is 7.05 Å². The third-order valence-electron chi connectivity index (χ3n) is 2.44. The Hall–Kier alpha value is -1.45. The van der Waals surface area contributed by atoms with Crippen molar-refractivity contribution >= 4 is 11.6 Å². The molecule has 2 nitrogen and oxygen atoms in total. The van der Waals surface area contributed by atoms with Crippen LogP contribution in [0.3, 0.4) is 0 Å². The van der Waals surface area contributed by atoms with Gasteiger partial charge in [0.2, 0.25) is 0 Å². The van der Waals surface area contributed by atoms with Gasteiger partial charge in [-0.05, 0) is 30.8 Å². The highest BCUT2D eigenvalue weighted by atomic mass is 35.5. The average Bonchev–Trinajstić information content (AvgIpc) is 2.34. The van der Waals surface area contributed by atoms with Crippen LogP contribution in [0.1, 0.15) is 5.69 Å². The van der Waals surface area contributed by atoms with Crippen molar-refractivity contribution in [3.63, 3.8) is 0 Å². The minimum atomic E-state index is -0.407. The normalized spacial score (nSPS) is 10.5. The summed E-state index contributed by atoms with van der Waals surface area (Å²) >= 11 is 5.74. The van der Waals surface area contributed by atoms with Crippen LogP contribution in [0.5, 0.6) is 0 Å². The standard InChI is InChI=1S/C13H12ClFN2/c1-16-8-11-4-2-10(7-17-11)9-3-5-13(15)12(14)6-9/h2-7,16H,8H2,1H3. The lowest BCUT2D eigenvalue weighted by atomic mass is 10.1. The lowest BCUT2D eigenvalue weighted by Crippen LogP contribution is -2.06. The Kier molecular flexibility index (Phi) is 3.71. The molecule has 1 aromatic carbocycles. The van der Waals surface area contributed by atoms with Crippen LogP contribution in [0, 0.1) is 5.82 Å². The fourth-order valence-corrected chi connectivity index (χ4v) is 1.74. The second kappa shape index (κ2) is 5.25. The average molecular weight is 251 g/mol. The summed E-state index contributed by atoms with van der Waals surface area (Å²) in [4.78, 5) is 4.30. The highest BCUT2D eigenvalue weighted by Gasteiger charge is 2.03. The summed E-state index contributed by atoms with van der Waals surface area (Å²) in [6.07, 6.45) is 1.76. The fourth-order valence-electron chi connectivity index (χ4n) is 1.56. The quantitative estimate of drug-likeness (QED) is 0.905. The molecule has 0 atom stereocenters. The largest absolute Gasteiger partial charge is 0.314 e. The Morgan fingerprint density at radius 3 is 2.59 bits per heavy atom. The SMILES string of the molecule is CNCc1ccc(-c2ccc(F)c(Cl)c2)cn1. The molecule has 0 saturated heterocycles. The number of nitrogens with zero attached hydrogens (tertiary/aromatic N) is 1. The van der Waals surface area contributed by atoms with Crippen molar-refractivity contribution in [2.45, 2.75) is 6.54 Å². The van der Waals surface area contributed by atoms with Crippen LogP contribution < -0.4 is 5.32 Å². The monoisotopic (exact) mass is 250 g/mol. The molecule has 0 aliphatic heterocycles. The van der Waals surface area contributed by atoms with Crippen molar-refractivity contribution in [3.8, 4) is 11.1 Å². The Bertz CT molecular complexity index is 511. The molecule has 1 aromatic heterocycles. The molecule has 0 bridgehead atoms. The molecule has 2 aromatic rings. The zero-order valence-corrected chi connectivity index (χ0v) is 10.1. The van der Waals surface area contributed by atoms with Gasteiger partial charge in [-0.3, -0.25) is 4.98 Å². The number of nitrogens with one attached hydrogen (secondary N) is 1. The predicted molar refractivity (Wildman–Crippen MR) is 67.4 cm³/mol. The van der Waals surface area contributed by atoms with E-state index in [1.54, 1.807) is 18.3 Å². The van der Waals surface area contributed by atoms with Gasteiger partial charge in [-0.2, -0.15) is 0 Å². The van der Waals surface area contributed by atoms with E-state index < -0.39 is 5.82 Å². The van der Waals surface area contributed by atoms with Crippen molar-refractivity contribution < 1.29 is 4.39 Å². The molecule has 0 fully saturated rings. The number of hydrogen-bond acceptors (Lipinski definition) is 2. The van der Waals surface area contributed by atoms with E-state index in [1.807, 2.05) is 19.2 Å². The van der Waals surface area contributed by atoms with Gasteiger partial charge in [-0.1, -0.05) is 23.7 Å². The Morgan fingerprint density at radius 2 is 2.00 bits per heavy atom. The Morgan fingerprint density at radius 1 is 1.24 bits per heavy atom. The van der Waals surface area contributed by atoms with Gasteiger partial charge in [0.1, 0.15) is 5.82 Å². The van der Waals surface area contributed by atoms with E-state index in [4.69, 9.17) is 11.6 Å². The molecule has 0 unspecified atom stereocenters. The Balaban J connectivity index is 2.30. The first kappa shape index (κ1) is 12.0. The van der Waals surface area contributed by atoms with Gasteiger partial charge in [0, 0.05) is 18.3 Å². The van der Waals surface area contributed by atoms with Crippen LogP contribution in [-0.4, -0.2) is 12.0 Å². The summed E-state index contributed by atoms with van der Waals surface area (Å²) in [5.74, 6) is -0.407. The molecule has 0 saturated carbocycles. The first-order valence-corrected chi connectivity index (χ1v) is 5.63. The second-order valence-electron chi connectivity index (χ2n) is 3.70. The summed E-state index contributed by atoms with van der Waals surface area (Å²) in [5.41, 5.74) is 2.75. The van der Waals surface area contributed by atoms with E-state index in [0.717, 1.165) is 23.4 Å². The van der Waals surface area contributed by atoms with Crippen LogP contribution >= 0.6 is 11.6 Å². The molecule has 0 aliphatic carbocycles. The molecular weight excluding hydrogens is 239 g/mol. The van der Waals surface area contributed by atoms with Crippen LogP contribution in [0.2, 0.25) is 5.02 Å².